The van der Waals surface area contributed by atoms with Crippen LogP contribution in [0.3, 0.4) is 0 Å². The number of benzene rings is 1. The lowest BCUT2D eigenvalue weighted by molar-refractivity contribution is -0.127. The Morgan fingerprint density at radius 1 is 1.23 bits per heavy atom. The highest BCUT2D eigenvalue weighted by Crippen LogP contribution is 2.22. The van der Waals surface area contributed by atoms with E-state index in [9.17, 15) is 9.18 Å². The van der Waals surface area contributed by atoms with Gasteiger partial charge in [-0.1, -0.05) is 6.07 Å². The van der Waals surface area contributed by atoms with E-state index in [1.165, 1.54) is 23.0 Å². The molecule has 10 heteroatoms. The molecule has 3 heterocycles. The molecule has 31 heavy (non-hydrogen) atoms. The topological polar surface area (TPSA) is 103 Å². The average molecular weight is 425 g/mol. The van der Waals surface area contributed by atoms with E-state index in [0.717, 1.165) is 24.8 Å². The fourth-order valence-electron chi connectivity index (χ4n) is 3.70. The van der Waals surface area contributed by atoms with Gasteiger partial charge in [0.1, 0.15) is 5.82 Å². The fraction of sp³-hybridized carbons (Fsp3) is 0.429. The van der Waals surface area contributed by atoms with Crippen LogP contribution in [-0.4, -0.2) is 54.3 Å². The largest absolute Gasteiger partial charge is 0.426 e. The second-order valence-electron chi connectivity index (χ2n) is 7.73. The van der Waals surface area contributed by atoms with Crippen molar-refractivity contribution in [1.29, 1.82) is 0 Å². The highest BCUT2D eigenvalue weighted by molar-refractivity contribution is 5.92. The molecule has 162 valence electrons. The van der Waals surface area contributed by atoms with Gasteiger partial charge in [0.05, 0.1) is 6.54 Å². The van der Waals surface area contributed by atoms with E-state index in [1.54, 1.807) is 26.0 Å². The number of nitrogens with zero attached hydrogens (tertiary/aromatic N) is 7. The van der Waals surface area contributed by atoms with Gasteiger partial charge in [-0.05, 0) is 60.2 Å². The van der Waals surface area contributed by atoms with Crippen molar-refractivity contribution >= 4 is 12.0 Å². The minimum atomic E-state index is -0.365. The molecule has 0 aliphatic carbocycles. The summed E-state index contributed by atoms with van der Waals surface area (Å²) in [6, 6.07) is 4.46. The van der Waals surface area contributed by atoms with Crippen LogP contribution in [0, 0.1) is 25.6 Å². The molecule has 0 spiro atoms. The summed E-state index contributed by atoms with van der Waals surface area (Å²) in [6.07, 6.45) is 5.64. The van der Waals surface area contributed by atoms with Gasteiger partial charge < -0.3 is 9.32 Å². The van der Waals surface area contributed by atoms with E-state index >= 15 is 0 Å². The number of amides is 1. The third-order valence-corrected chi connectivity index (χ3v) is 5.34. The highest BCUT2D eigenvalue weighted by atomic mass is 19.1. The summed E-state index contributed by atoms with van der Waals surface area (Å²) in [7, 11) is 0. The molecule has 0 atom stereocenters. The van der Waals surface area contributed by atoms with E-state index in [1.807, 2.05) is 4.90 Å². The molecule has 1 aliphatic rings. The average Bonchev–Trinajstić information content (AvgIpc) is 3.36. The van der Waals surface area contributed by atoms with Crippen LogP contribution in [0.4, 0.5) is 4.39 Å². The van der Waals surface area contributed by atoms with Crippen LogP contribution in [-0.2, 0) is 17.8 Å². The number of hydrogen-bond acceptors (Lipinski definition) is 7. The summed E-state index contributed by atoms with van der Waals surface area (Å²) in [5.41, 5.74) is 1.42. The van der Waals surface area contributed by atoms with E-state index in [-0.39, 0.29) is 11.7 Å². The number of likely N-dealkylation sites (tertiary alicyclic amines) is 1. The zero-order chi connectivity index (χ0) is 21.8. The van der Waals surface area contributed by atoms with Crippen LogP contribution in [0.1, 0.15) is 41.6 Å². The number of carbonyl (C=O) groups is 1. The molecule has 0 N–H and O–H groups in total. The van der Waals surface area contributed by atoms with Crippen LogP contribution in [0.15, 0.2) is 28.7 Å². The van der Waals surface area contributed by atoms with E-state index < -0.39 is 0 Å². The maximum atomic E-state index is 13.8. The Labute approximate surface area is 179 Å². The first kappa shape index (κ1) is 20.8. The predicted octanol–water partition coefficient (Wildman–Crippen LogP) is 2.35. The smallest absolute Gasteiger partial charge is 0.246 e. The van der Waals surface area contributed by atoms with Gasteiger partial charge in [0.25, 0.3) is 0 Å². The number of aromatic nitrogens is 6. The Morgan fingerprint density at radius 2 is 2.03 bits per heavy atom. The molecule has 0 radical (unpaired) electrons. The normalized spacial score (nSPS) is 15.1. The highest BCUT2D eigenvalue weighted by Gasteiger charge is 2.23. The molecular formula is C21H24FN7O2. The third kappa shape index (κ3) is 5.39. The summed E-state index contributed by atoms with van der Waals surface area (Å²) in [5.74, 6) is 1.75. The molecule has 1 aliphatic heterocycles. The van der Waals surface area contributed by atoms with Crippen LogP contribution in [0.2, 0.25) is 0 Å². The maximum Gasteiger partial charge on any atom is 0.246 e. The Balaban J connectivity index is 1.36. The molecule has 1 aromatic carbocycles. The fourth-order valence-corrected chi connectivity index (χ4v) is 3.70. The molecule has 0 saturated carbocycles. The minimum absolute atomic E-state index is 0.0861. The van der Waals surface area contributed by atoms with E-state index in [0.29, 0.717) is 48.7 Å². The summed E-state index contributed by atoms with van der Waals surface area (Å²) in [5, 5.41) is 19.9. The van der Waals surface area contributed by atoms with Crippen LogP contribution in [0.25, 0.3) is 6.08 Å². The van der Waals surface area contributed by atoms with Crippen molar-refractivity contribution in [3.63, 3.8) is 0 Å². The zero-order valence-corrected chi connectivity index (χ0v) is 17.5. The summed E-state index contributed by atoms with van der Waals surface area (Å²) < 4.78 is 19.2. The number of piperidine rings is 1. The molecule has 3 aromatic rings. The first-order chi connectivity index (χ1) is 15.0. The molecule has 4 rings (SSSR count). The zero-order valence-electron chi connectivity index (χ0n) is 17.5. The minimum Gasteiger partial charge on any atom is -0.426 e. The molecule has 1 amide bonds. The summed E-state index contributed by atoms with van der Waals surface area (Å²) in [6.45, 7) is 5.20. The number of rotatable bonds is 6. The lowest BCUT2D eigenvalue weighted by atomic mass is 9.93. The number of tetrazole rings is 1. The van der Waals surface area contributed by atoms with E-state index in [4.69, 9.17) is 4.42 Å². The molecular weight excluding hydrogens is 401 g/mol. The number of aryl methyl sites for hydroxylation is 2. The van der Waals surface area contributed by atoms with Crippen molar-refractivity contribution < 1.29 is 13.6 Å². The molecule has 1 saturated heterocycles. The first-order valence-electron chi connectivity index (χ1n) is 10.2. The molecule has 0 bridgehead atoms. The standard InChI is InChI=1S/C21H24FN7O2/c1-14-23-27-29(26-14)13-18-3-5-19(22)12-17(18)4-6-21(30)28-9-7-16(8-10-28)11-20-25-24-15(2)31-20/h3-6,12,16H,7-11,13H2,1-2H3/b6-4+. The Kier molecular flexibility index (Phi) is 6.15. The van der Waals surface area contributed by atoms with Crippen molar-refractivity contribution in [2.24, 2.45) is 5.92 Å². The molecule has 1 fully saturated rings. The number of halogens is 1. The van der Waals surface area contributed by atoms with Crippen LogP contribution in [0.5, 0.6) is 0 Å². The maximum absolute atomic E-state index is 13.8. The van der Waals surface area contributed by atoms with Gasteiger partial charge in [0.2, 0.25) is 17.7 Å². The lowest BCUT2D eigenvalue weighted by Gasteiger charge is -2.30. The van der Waals surface area contributed by atoms with Crippen LogP contribution >= 0.6 is 0 Å². The molecule has 2 aromatic heterocycles. The van der Waals surface area contributed by atoms with Gasteiger partial charge in [-0.3, -0.25) is 4.79 Å². The van der Waals surface area contributed by atoms with E-state index in [2.05, 4.69) is 25.6 Å². The van der Waals surface area contributed by atoms with Crippen molar-refractivity contribution in [3.05, 3.63) is 58.8 Å². The van der Waals surface area contributed by atoms with Gasteiger partial charge >= 0.3 is 0 Å². The Bertz CT molecular complexity index is 1080. The SMILES string of the molecule is Cc1nnn(Cc2ccc(F)cc2/C=C/C(=O)N2CCC(Cc3nnc(C)o3)CC2)n1. The van der Waals surface area contributed by atoms with Crippen molar-refractivity contribution in [2.75, 3.05) is 13.1 Å². The summed E-state index contributed by atoms with van der Waals surface area (Å²) in [4.78, 5) is 15.9. The molecule has 9 nitrogen and oxygen atoms in total. The predicted molar refractivity (Wildman–Crippen MR) is 109 cm³/mol. The Morgan fingerprint density at radius 3 is 2.71 bits per heavy atom. The number of hydrogen-bond donors (Lipinski definition) is 0. The van der Waals surface area contributed by atoms with Gasteiger partial charge in [-0.25, -0.2) is 4.39 Å². The second kappa shape index (κ2) is 9.15. The van der Waals surface area contributed by atoms with Crippen molar-refractivity contribution in [3.8, 4) is 0 Å². The third-order valence-electron chi connectivity index (χ3n) is 5.34. The first-order valence-corrected chi connectivity index (χ1v) is 10.2. The van der Waals surface area contributed by atoms with Gasteiger partial charge in [0.15, 0.2) is 5.82 Å². The Hall–Kier alpha value is -3.43. The van der Waals surface area contributed by atoms with Gasteiger partial charge in [-0.2, -0.15) is 4.80 Å². The van der Waals surface area contributed by atoms with Gasteiger partial charge in [-0.15, -0.1) is 20.4 Å². The van der Waals surface area contributed by atoms with Crippen molar-refractivity contribution in [2.45, 2.75) is 39.7 Å². The molecule has 0 unspecified atom stereocenters. The monoisotopic (exact) mass is 425 g/mol. The van der Waals surface area contributed by atoms with Crippen molar-refractivity contribution in [1.82, 2.24) is 35.3 Å². The quantitative estimate of drug-likeness (QED) is 0.559. The van der Waals surface area contributed by atoms with Crippen LogP contribution < -0.4 is 0 Å². The summed E-state index contributed by atoms with van der Waals surface area (Å²) >= 11 is 0. The van der Waals surface area contributed by atoms with Gasteiger partial charge in [0, 0.05) is 32.5 Å². The number of carbonyl (C=O) groups excluding carboxylic acids is 1. The second-order valence-corrected chi connectivity index (χ2v) is 7.73. The lowest BCUT2D eigenvalue weighted by Crippen LogP contribution is -2.38.